The Morgan fingerprint density at radius 1 is 1.25 bits per heavy atom. The standard InChI is InChI=1S/C15H27N3OS/c1-5-7-8-9-10-12(3)19-14-11-13(16-6-2)17-15(18-14)20-4/h11-12H,5-10H2,1-4H3,(H,16,17,18). The van der Waals surface area contributed by atoms with E-state index in [-0.39, 0.29) is 6.10 Å². The Morgan fingerprint density at radius 2 is 2.05 bits per heavy atom. The molecule has 20 heavy (non-hydrogen) atoms. The van der Waals surface area contributed by atoms with Crippen molar-refractivity contribution in [3.05, 3.63) is 6.07 Å². The lowest BCUT2D eigenvalue weighted by molar-refractivity contribution is 0.196. The first kappa shape index (κ1) is 17.1. The maximum Gasteiger partial charge on any atom is 0.219 e. The molecule has 0 amide bonds. The summed E-state index contributed by atoms with van der Waals surface area (Å²) in [5.74, 6) is 1.50. The molecule has 0 aliphatic heterocycles. The quantitative estimate of drug-likeness (QED) is 0.395. The van der Waals surface area contributed by atoms with Crippen LogP contribution in [0.4, 0.5) is 5.82 Å². The number of aromatic nitrogens is 2. The summed E-state index contributed by atoms with van der Waals surface area (Å²) in [4.78, 5) is 8.80. The summed E-state index contributed by atoms with van der Waals surface area (Å²) in [5.41, 5.74) is 0. The average Bonchev–Trinajstić information content (AvgIpc) is 2.43. The Hall–Kier alpha value is -0.970. The molecule has 114 valence electrons. The van der Waals surface area contributed by atoms with Crippen LogP contribution in [-0.2, 0) is 0 Å². The molecule has 0 radical (unpaired) electrons. The second kappa shape index (κ2) is 9.86. The van der Waals surface area contributed by atoms with Gasteiger partial charge in [0.05, 0.1) is 6.10 Å². The Kier molecular flexibility index (Phi) is 8.42. The molecule has 0 fully saturated rings. The molecule has 0 aromatic carbocycles. The van der Waals surface area contributed by atoms with Crippen molar-refractivity contribution >= 4 is 17.6 Å². The normalized spacial score (nSPS) is 12.2. The second-order valence-corrected chi connectivity index (χ2v) is 5.66. The van der Waals surface area contributed by atoms with Gasteiger partial charge in [0.15, 0.2) is 5.16 Å². The first-order valence-corrected chi connectivity index (χ1v) is 8.75. The number of thioether (sulfide) groups is 1. The fourth-order valence-corrected chi connectivity index (χ4v) is 2.32. The zero-order chi connectivity index (χ0) is 14.8. The highest BCUT2D eigenvalue weighted by atomic mass is 32.2. The van der Waals surface area contributed by atoms with Gasteiger partial charge in [-0.25, -0.2) is 4.98 Å². The molecule has 1 unspecified atom stereocenters. The Bertz CT molecular complexity index is 387. The van der Waals surface area contributed by atoms with Gasteiger partial charge in [-0.15, -0.1) is 0 Å². The van der Waals surface area contributed by atoms with E-state index in [9.17, 15) is 0 Å². The third kappa shape index (κ3) is 6.46. The maximum atomic E-state index is 5.92. The lowest BCUT2D eigenvalue weighted by Crippen LogP contribution is -2.13. The van der Waals surface area contributed by atoms with Crippen LogP contribution in [0.25, 0.3) is 0 Å². The van der Waals surface area contributed by atoms with Crippen molar-refractivity contribution in [1.29, 1.82) is 0 Å². The molecule has 0 bridgehead atoms. The molecule has 1 rings (SSSR count). The van der Waals surface area contributed by atoms with Crippen molar-refractivity contribution in [2.24, 2.45) is 0 Å². The highest BCUT2D eigenvalue weighted by molar-refractivity contribution is 7.98. The molecule has 0 spiro atoms. The number of anilines is 1. The van der Waals surface area contributed by atoms with Gasteiger partial charge in [-0.1, -0.05) is 37.9 Å². The predicted octanol–water partition coefficient (Wildman–Crippen LogP) is 4.37. The van der Waals surface area contributed by atoms with E-state index in [4.69, 9.17) is 4.74 Å². The molecule has 1 atom stereocenters. The summed E-state index contributed by atoms with van der Waals surface area (Å²) >= 11 is 1.53. The number of hydrogen-bond donors (Lipinski definition) is 1. The van der Waals surface area contributed by atoms with Crippen LogP contribution >= 0.6 is 11.8 Å². The van der Waals surface area contributed by atoms with Gasteiger partial charge in [0.2, 0.25) is 5.88 Å². The van der Waals surface area contributed by atoms with E-state index in [0.717, 1.165) is 23.9 Å². The summed E-state index contributed by atoms with van der Waals surface area (Å²) in [5, 5.41) is 3.96. The average molecular weight is 297 g/mol. The Balaban J connectivity index is 2.54. The van der Waals surface area contributed by atoms with Crippen LogP contribution in [0.1, 0.15) is 52.9 Å². The van der Waals surface area contributed by atoms with Crippen molar-refractivity contribution in [3.8, 4) is 5.88 Å². The topological polar surface area (TPSA) is 47.0 Å². The largest absolute Gasteiger partial charge is 0.474 e. The number of hydrogen-bond acceptors (Lipinski definition) is 5. The van der Waals surface area contributed by atoms with Crippen LogP contribution in [0, 0.1) is 0 Å². The van der Waals surface area contributed by atoms with Crippen LogP contribution in [0.2, 0.25) is 0 Å². The van der Waals surface area contributed by atoms with E-state index in [0.29, 0.717) is 5.88 Å². The molecule has 0 aliphatic carbocycles. The smallest absolute Gasteiger partial charge is 0.219 e. The minimum atomic E-state index is 0.200. The predicted molar refractivity (Wildman–Crippen MR) is 86.8 cm³/mol. The highest BCUT2D eigenvalue weighted by Crippen LogP contribution is 2.20. The van der Waals surface area contributed by atoms with Gasteiger partial charge in [-0.05, 0) is 32.9 Å². The number of rotatable bonds is 10. The van der Waals surface area contributed by atoms with E-state index >= 15 is 0 Å². The summed E-state index contributed by atoms with van der Waals surface area (Å²) in [7, 11) is 0. The van der Waals surface area contributed by atoms with Crippen molar-refractivity contribution in [2.75, 3.05) is 18.1 Å². The van der Waals surface area contributed by atoms with Crippen molar-refractivity contribution in [1.82, 2.24) is 9.97 Å². The summed E-state index contributed by atoms with van der Waals surface area (Å²) in [6.07, 6.45) is 8.33. The zero-order valence-corrected chi connectivity index (χ0v) is 13.9. The molecule has 0 saturated heterocycles. The van der Waals surface area contributed by atoms with E-state index < -0.39 is 0 Å². The minimum Gasteiger partial charge on any atom is -0.474 e. The lowest BCUT2D eigenvalue weighted by Gasteiger charge is -2.15. The van der Waals surface area contributed by atoms with Crippen LogP contribution in [-0.4, -0.2) is 28.9 Å². The van der Waals surface area contributed by atoms with Gasteiger partial charge in [0.25, 0.3) is 0 Å². The molecule has 4 nitrogen and oxygen atoms in total. The van der Waals surface area contributed by atoms with Gasteiger partial charge >= 0.3 is 0 Å². The Labute approximate surface area is 127 Å². The van der Waals surface area contributed by atoms with Crippen LogP contribution in [0.3, 0.4) is 0 Å². The van der Waals surface area contributed by atoms with Crippen LogP contribution < -0.4 is 10.1 Å². The first-order chi connectivity index (χ1) is 9.69. The van der Waals surface area contributed by atoms with Gasteiger partial charge in [-0.3, -0.25) is 0 Å². The van der Waals surface area contributed by atoms with E-state index in [1.54, 1.807) is 0 Å². The third-order valence-electron chi connectivity index (χ3n) is 3.01. The zero-order valence-electron chi connectivity index (χ0n) is 13.1. The molecule has 0 saturated carbocycles. The fourth-order valence-electron chi connectivity index (χ4n) is 1.95. The Morgan fingerprint density at radius 3 is 2.70 bits per heavy atom. The van der Waals surface area contributed by atoms with E-state index in [2.05, 4.69) is 36.1 Å². The number of nitrogens with one attached hydrogen (secondary N) is 1. The first-order valence-electron chi connectivity index (χ1n) is 7.53. The molecule has 1 aromatic rings. The number of nitrogens with zero attached hydrogens (tertiary/aromatic N) is 2. The van der Waals surface area contributed by atoms with E-state index in [1.807, 2.05) is 12.3 Å². The second-order valence-electron chi connectivity index (χ2n) is 4.89. The molecule has 1 N–H and O–H groups in total. The maximum absolute atomic E-state index is 5.92. The highest BCUT2D eigenvalue weighted by Gasteiger charge is 2.08. The van der Waals surface area contributed by atoms with Gasteiger partial charge in [-0.2, -0.15) is 4.98 Å². The SMILES string of the molecule is CCCCCCC(C)Oc1cc(NCC)nc(SC)n1. The monoisotopic (exact) mass is 297 g/mol. The van der Waals surface area contributed by atoms with Crippen LogP contribution in [0.15, 0.2) is 11.2 Å². The fraction of sp³-hybridized carbons (Fsp3) is 0.733. The summed E-state index contributed by atoms with van der Waals surface area (Å²) in [6, 6.07) is 1.88. The lowest BCUT2D eigenvalue weighted by atomic mass is 10.1. The van der Waals surface area contributed by atoms with Gasteiger partial charge < -0.3 is 10.1 Å². The van der Waals surface area contributed by atoms with Crippen molar-refractivity contribution in [2.45, 2.75) is 64.1 Å². The molecule has 1 heterocycles. The van der Waals surface area contributed by atoms with Gasteiger partial charge in [0.1, 0.15) is 5.82 Å². The molecule has 1 aromatic heterocycles. The third-order valence-corrected chi connectivity index (χ3v) is 3.56. The summed E-state index contributed by atoms with van der Waals surface area (Å²) in [6.45, 7) is 7.24. The van der Waals surface area contributed by atoms with E-state index in [1.165, 1.54) is 37.4 Å². The van der Waals surface area contributed by atoms with Crippen molar-refractivity contribution in [3.63, 3.8) is 0 Å². The minimum absolute atomic E-state index is 0.200. The number of ether oxygens (including phenoxy) is 1. The van der Waals surface area contributed by atoms with Crippen molar-refractivity contribution < 1.29 is 4.74 Å². The number of unbranched alkanes of at least 4 members (excludes halogenated alkanes) is 3. The summed E-state index contributed by atoms with van der Waals surface area (Å²) < 4.78 is 5.92. The molecular weight excluding hydrogens is 270 g/mol. The molecular formula is C15H27N3OS. The molecule has 0 aliphatic rings. The molecule has 5 heteroatoms. The van der Waals surface area contributed by atoms with Gasteiger partial charge in [0, 0.05) is 12.6 Å². The van der Waals surface area contributed by atoms with Crippen LogP contribution in [0.5, 0.6) is 5.88 Å².